The number of hydrogen-bond donors (Lipinski definition) is 2. The van der Waals surface area contributed by atoms with E-state index in [1.807, 2.05) is 24.3 Å². The lowest BCUT2D eigenvalue weighted by Crippen LogP contribution is -2.40. The zero-order chi connectivity index (χ0) is 21.6. The van der Waals surface area contributed by atoms with Crippen molar-refractivity contribution in [2.45, 2.75) is 25.8 Å². The molecule has 0 bridgehead atoms. The van der Waals surface area contributed by atoms with Crippen molar-refractivity contribution in [2.75, 3.05) is 13.2 Å². The van der Waals surface area contributed by atoms with Crippen LogP contribution < -0.4 is 25.3 Å². The van der Waals surface area contributed by atoms with Gasteiger partial charge in [0.25, 0.3) is 0 Å². The number of benzene rings is 1. The number of rotatable bonds is 10. The lowest BCUT2D eigenvalue weighted by molar-refractivity contribution is 0.211. The summed E-state index contributed by atoms with van der Waals surface area (Å²) in [5, 5.41) is 2.51. The van der Waals surface area contributed by atoms with E-state index in [9.17, 15) is 4.79 Å². The monoisotopic (exact) mass is 424 g/mol. The molecule has 1 saturated carbocycles. The first-order chi connectivity index (χ1) is 15.0. The van der Waals surface area contributed by atoms with E-state index in [2.05, 4.69) is 15.3 Å². The van der Waals surface area contributed by atoms with Gasteiger partial charge in [-0.15, -0.1) is 0 Å². The first-order valence-corrected chi connectivity index (χ1v) is 10.1. The number of ether oxygens (including phenoxy) is 3. The number of carbonyl (C=O) groups excluding carboxylic acids is 1. The predicted molar refractivity (Wildman–Crippen MR) is 112 cm³/mol. The number of primary amides is 1. The summed E-state index contributed by atoms with van der Waals surface area (Å²) in [5.41, 5.74) is 5.61. The highest BCUT2D eigenvalue weighted by atomic mass is 16.6. The van der Waals surface area contributed by atoms with Gasteiger partial charge in [-0.05, 0) is 49.9 Å². The SMILES string of the molecule is CC(COc1cnc(-c2ccc(Oc3cccc(OCC4CC4)c3)cn2)o1)NC(N)=O. The molecule has 1 aromatic carbocycles. The van der Waals surface area contributed by atoms with Crippen molar-refractivity contribution in [2.24, 2.45) is 11.7 Å². The molecular weight excluding hydrogens is 400 g/mol. The predicted octanol–water partition coefficient (Wildman–Crippen LogP) is 3.75. The fourth-order valence-electron chi connectivity index (χ4n) is 2.77. The molecule has 1 atom stereocenters. The molecule has 0 spiro atoms. The van der Waals surface area contributed by atoms with Crippen molar-refractivity contribution >= 4 is 6.03 Å². The molecule has 1 fully saturated rings. The summed E-state index contributed by atoms with van der Waals surface area (Å²) in [5.74, 6) is 3.27. The van der Waals surface area contributed by atoms with Crippen LogP contribution in [0, 0.1) is 5.92 Å². The lowest BCUT2D eigenvalue weighted by Gasteiger charge is -2.11. The Kier molecular flexibility index (Phi) is 6.21. The van der Waals surface area contributed by atoms with Gasteiger partial charge in [0, 0.05) is 6.07 Å². The maximum absolute atomic E-state index is 10.8. The summed E-state index contributed by atoms with van der Waals surface area (Å²) < 4.78 is 22.7. The van der Waals surface area contributed by atoms with Gasteiger partial charge >= 0.3 is 12.0 Å². The summed E-state index contributed by atoms with van der Waals surface area (Å²) in [6, 6.07) is 10.2. The smallest absolute Gasteiger partial charge is 0.312 e. The third kappa shape index (κ3) is 6.11. The third-order valence-corrected chi connectivity index (χ3v) is 4.53. The van der Waals surface area contributed by atoms with Gasteiger partial charge in [0.1, 0.15) is 35.7 Å². The van der Waals surface area contributed by atoms with Crippen molar-refractivity contribution in [3.8, 4) is 34.8 Å². The van der Waals surface area contributed by atoms with Crippen molar-refractivity contribution in [1.29, 1.82) is 0 Å². The van der Waals surface area contributed by atoms with Gasteiger partial charge in [0.2, 0.25) is 5.89 Å². The molecule has 9 heteroatoms. The molecule has 9 nitrogen and oxygen atoms in total. The van der Waals surface area contributed by atoms with Crippen molar-refractivity contribution in [3.63, 3.8) is 0 Å². The topological polar surface area (TPSA) is 122 Å². The summed E-state index contributed by atoms with van der Waals surface area (Å²) in [6.07, 6.45) is 5.54. The van der Waals surface area contributed by atoms with Crippen LogP contribution in [0.25, 0.3) is 11.6 Å². The Morgan fingerprint density at radius 2 is 2.00 bits per heavy atom. The van der Waals surface area contributed by atoms with Crippen molar-refractivity contribution in [3.05, 3.63) is 48.8 Å². The maximum atomic E-state index is 10.8. The molecule has 2 heterocycles. The molecule has 3 N–H and O–H groups in total. The number of hydrogen-bond acceptors (Lipinski definition) is 7. The number of urea groups is 1. The van der Waals surface area contributed by atoms with Crippen LogP contribution in [0.4, 0.5) is 4.79 Å². The number of amides is 2. The fraction of sp³-hybridized carbons (Fsp3) is 0.318. The van der Waals surface area contributed by atoms with Crippen molar-refractivity contribution < 1.29 is 23.4 Å². The number of pyridine rings is 1. The van der Waals surface area contributed by atoms with E-state index in [1.165, 1.54) is 19.0 Å². The Bertz CT molecular complexity index is 1020. The number of carbonyl (C=O) groups is 1. The molecular formula is C22H24N4O5. The molecule has 162 valence electrons. The van der Waals surface area contributed by atoms with Crippen LogP contribution >= 0.6 is 0 Å². The number of nitrogens with one attached hydrogen (secondary N) is 1. The zero-order valence-electron chi connectivity index (χ0n) is 17.1. The molecule has 0 aliphatic heterocycles. The number of nitrogens with two attached hydrogens (primary N) is 1. The van der Waals surface area contributed by atoms with Gasteiger partial charge in [0.15, 0.2) is 0 Å². The van der Waals surface area contributed by atoms with Gasteiger partial charge in [-0.2, -0.15) is 0 Å². The molecule has 1 unspecified atom stereocenters. The molecule has 31 heavy (non-hydrogen) atoms. The Balaban J connectivity index is 1.32. The van der Waals surface area contributed by atoms with Gasteiger partial charge in [-0.1, -0.05) is 6.07 Å². The molecule has 1 aliphatic rings. The minimum absolute atomic E-state index is 0.196. The summed E-state index contributed by atoms with van der Waals surface area (Å²) >= 11 is 0. The highest BCUT2D eigenvalue weighted by molar-refractivity contribution is 5.71. The quantitative estimate of drug-likeness (QED) is 0.508. The van der Waals surface area contributed by atoms with Crippen LogP contribution in [-0.4, -0.2) is 35.3 Å². The average Bonchev–Trinajstić information content (AvgIpc) is 3.47. The second-order valence-corrected chi connectivity index (χ2v) is 7.42. The van der Waals surface area contributed by atoms with Crippen LogP contribution in [0.5, 0.6) is 23.2 Å². The zero-order valence-corrected chi connectivity index (χ0v) is 17.1. The van der Waals surface area contributed by atoms with E-state index < -0.39 is 6.03 Å². The minimum atomic E-state index is -0.613. The summed E-state index contributed by atoms with van der Waals surface area (Å²) in [4.78, 5) is 19.3. The second-order valence-electron chi connectivity index (χ2n) is 7.42. The summed E-state index contributed by atoms with van der Waals surface area (Å²) in [7, 11) is 0. The molecule has 0 radical (unpaired) electrons. The second kappa shape index (κ2) is 9.38. The minimum Gasteiger partial charge on any atom is -0.493 e. The van der Waals surface area contributed by atoms with E-state index in [1.54, 1.807) is 25.3 Å². The Labute approximate surface area is 179 Å². The first-order valence-electron chi connectivity index (χ1n) is 10.1. The molecule has 4 rings (SSSR count). The van der Waals surface area contributed by atoms with Crippen LogP contribution in [0.2, 0.25) is 0 Å². The van der Waals surface area contributed by atoms with E-state index in [0.717, 1.165) is 12.4 Å². The van der Waals surface area contributed by atoms with Crippen LogP contribution in [0.15, 0.2) is 53.2 Å². The molecule has 0 saturated heterocycles. The van der Waals surface area contributed by atoms with E-state index in [4.69, 9.17) is 24.4 Å². The maximum Gasteiger partial charge on any atom is 0.312 e. The average molecular weight is 424 g/mol. The third-order valence-electron chi connectivity index (χ3n) is 4.53. The van der Waals surface area contributed by atoms with Gasteiger partial charge in [-0.3, -0.25) is 0 Å². The standard InChI is InChI=1S/C22H24N4O5/c1-14(26-22(23)27)12-29-20-11-25-21(31-20)19-8-7-18(10-24-19)30-17-4-2-3-16(9-17)28-13-15-5-6-15/h2-4,7-11,14-15H,5-6,12-13H2,1H3,(H3,23,26,27). The summed E-state index contributed by atoms with van der Waals surface area (Å²) in [6.45, 7) is 2.71. The number of oxazole rings is 1. The Morgan fingerprint density at radius 3 is 2.74 bits per heavy atom. The Hall–Kier alpha value is -3.75. The van der Waals surface area contributed by atoms with E-state index in [0.29, 0.717) is 29.0 Å². The van der Waals surface area contributed by atoms with Gasteiger partial charge in [-0.25, -0.2) is 14.8 Å². The van der Waals surface area contributed by atoms with Crippen LogP contribution in [0.3, 0.4) is 0 Å². The highest BCUT2D eigenvalue weighted by Gasteiger charge is 2.21. The van der Waals surface area contributed by atoms with E-state index in [-0.39, 0.29) is 18.6 Å². The molecule has 2 aromatic heterocycles. The molecule has 1 aliphatic carbocycles. The van der Waals surface area contributed by atoms with E-state index >= 15 is 0 Å². The largest absolute Gasteiger partial charge is 0.493 e. The van der Waals surface area contributed by atoms with Crippen LogP contribution in [-0.2, 0) is 0 Å². The molecule has 3 aromatic rings. The first kappa shape index (κ1) is 20.5. The highest BCUT2D eigenvalue weighted by Crippen LogP contribution is 2.31. The van der Waals surface area contributed by atoms with Crippen molar-refractivity contribution in [1.82, 2.24) is 15.3 Å². The number of nitrogens with zero attached hydrogens (tertiary/aromatic N) is 2. The number of aromatic nitrogens is 2. The van der Waals surface area contributed by atoms with Crippen LogP contribution in [0.1, 0.15) is 19.8 Å². The lowest BCUT2D eigenvalue weighted by atomic mass is 10.3. The molecule has 2 amide bonds. The van der Waals surface area contributed by atoms with Gasteiger partial charge in [0.05, 0.1) is 18.8 Å². The fourth-order valence-corrected chi connectivity index (χ4v) is 2.77. The Morgan fingerprint density at radius 1 is 1.16 bits per heavy atom. The normalized spacial score (nSPS) is 14.0. The van der Waals surface area contributed by atoms with Gasteiger partial charge < -0.3 is 29.7 Å².